The molecule has 0 spiro atoms. The molecule has 0 unspecified atom stereocenters. The van der Waals surface area contributed by atoms with Gasteiger partial charge in [-0.25, -0.2) is 0 Å². The summed E-state index contributed by atoms with van der Waals surface area (Å²) in [4.78, 5) is 38.6. The second-order valence-electron chi connectivity index (χ2n) is 5.95. The number of carbonyl (C=O) groups is 3. The molecule has 3 amide bonds. The number of halogens is 2. The fourth-order valence-electron chi connectivity index (χ4n) is 2.74. The van der Waals surface area contributed by atoms with Crippen molar-refractivity contribution in [1.29, 1.82) is 0 Å². The first-order chi connectivity index (χ1) is 12.4. The van der Waals surface area contributed by atoms with Crippen molar-refractivity contribution in [3.63, 3.8) is 0 Å². The predicted molar refractivity (Wildman–Crippen MR) is 104 cm³/mol. The van der Waals surface area contributed by atoms with Gasteiger partial charge < -0.3 is 5.32 Å². The number of unbranched alkanes of at least 4 members (excludes halogenated alkanes) is 1. The van der Waals surface area contributed by atoms with Gasteiger partial charge in [-0.1, -0.05) is 40.9 Å². The average molecular weight is 436 g/mol. The molecule has 26 heavy (non-hydrogen) atoms. The molecule has 3 rings (SSSR count). The number of nitrogens with one attached hydrogen (secondary N) is 1. The molecule has 0 atom stereocenters. The third kappa shape index (κ3) is 3.52. The van der Waals surface area contributed by atoms with Gasteiger partial charge in [-0.3, -0.25) is 19.3 Å². The van der Waals surface area contributed by atoms with Gasteiger partial charge in [-0.05, 0) is 42.8 Å². The van der Waals surface area contributed by atoms with Crippen LogP contribution in [-0.4, -0.2) is 29.2 Å². The van der Waals surface area contributed by atoms with Crippen molar-refractivity contribution in [3.8, 4) is 0 Å². The number of amides is 3. The minimum Gasteiger partial charge on any atom is -0.321 e. The van der Waals surface area contributed by atoms with Crippen LogP contribution in [0.4, 0.5) is 5.69 Å². The predicted octanol–water partition coefficient (Wildman–Crippen LogP) is 4.75. The smallest absolute Gasteiger partial charge is 0.261 e. The minimum absolute atomic E-state index is 0.264. The molecule has 5 nitrogen and oxygen atoms in total. The summed E-state index contributed by atoms with van der Waals surface area (Å²) >= 11 is 9.42. The Morgan fingerprint density at radius 2 is 1.85 bits per heavy atom. The average Bonchev–Trinajstić information content (AvgIpc) is 2.86. The van der Waals surface area contributed by atoms with Crippen molar-refractivity contribution in [2.75, 3.05) is 11.9 Å². The van der Waals surface area contributed by atoms with Crippen molar-refractivity contribution in [2.24, 2.45) is 0 Å². The van der Waals surface area contributed by atoms with E-state index < -0.39 is 5.91 Å². The van der Waals surface area contributed by atoms with Crippen LogP contribution in [0.5, 0.6) is 0 Å². The van der Waals surface area contributed by atoms with Crippen LogP contribution in [0.25, 0.3) is 0 Å². The zero-order chi connectivity index (χ0) is 18.8. The molecule has 134 valence electrons. The lowest BCUT2D eigenvalue weighted by atomic mass is 10.1. The van der Waals surface area contributed by atoms with Crippen LogP contribution in [0.2, 0.25) is 5.02 Å². The highest BCUT2D eigenvalue weighted by molar-refractivity contribution is 9.10. The summed E-state index contributed by atoms with van der Waals surface area (Å²) < 4.78 is 0.800. The summed E-state index contributed by atoms with van der Waals surface area (Å²) in [5.74, 6) is -1.06. The maximum absolute atomic E-state index is 12.5. The summed E-state index contributed by atoms with van der Waals surface area (Å²) in [6, 6.07) is 9.64. The molecular weight excluding hydrogens is 420 g/mol. The Balaban J connectivity index is 1.84. The van der Waals surface area contributed by atoms with E-state index in [-0.39, 0.29) is 17.4 Å². The molecule has 2 aromatic carbocycles. The Bertz CT molecular complexity index is 914. The molecule has 1 aliphatic rings. The fourth-order valence-corrected chi connectivity index (χ4v) is 3.46. The van der Waals surface area contributed by atoms with Gasteiger partial charge >= 0.3 is 0 Å². The topological polar surface area (TPSA) is 66.5 Å². The lowest BCUT2D eigenvalue weighted by molar-refractivity contribution is 0.0652. The molecular formula is C19H16BrClN2O3. The Morgan fingerprint density at radius 1 is 1.12 bits per heavy atom. The lowest BCUT2D eigenvalue weighted by Crippen LogP contribution is -2.30. The molecule has 1 N–H and O–H groups in total. The van der Waals surface area contributed by atoms with Crippen LogP contribution in [0.1, 0.15) is 50.8 Å². The van der Waals surface area contributed by atoms with Gasteiger partial charge in [0.05, 0.1) is 21.8 Å². The maximum Gasteiger partial charge on any atom is 0.261 e. The SMILES string of the molecule is CCCCN1C(=O)c2ccc(C(=O)Nc3ccc(Br)cc3Cl)cc2C1=O. The van der Waals surface area contributed by atoms with Gasteiger partial charge in [0, 0.05) is 16.6 Å². The van der Waals surface area contributed by atoms with E-state index in [2.05, 4.69) is 21.2 Å². The molecule has 0 bridgehead atoms. The van der Waals surface area contributed by atoms with Gasteiger partial charge in [0.1, 0.15) is 0 Å². The highest BCUT2D eigenvalue weighted by atomic mass is 79.9. The number of carbonyl (C=O) groups excluding carboxylic acids is 3. The third-order valence-corrected chi connectivity index (χ3v) is 4.95. The molecule has 0 aliphatic carbocycles. The summed E-state index contributed by atoms with van der Waals surface area (Å²) in [6.07, 6.45) is 1.63. The number of rotatable bonds is 5. The van der Waals surface area contributed by atoms with E-state index in [4.69, 9.17) is 11.6 Å². The van der Waals surface area contributed by atoms with E-state index in [0.29, 0.717) is 28.4 Å². The van der Waals surface area contributed by atoms with Crippen LogP contribution in [0, 0.1) is 0 Å². The van der Waals surface area contributed by atoms with Gasteiger partial charge in [-0.2, -0.15) is 0 Å². The molecule has 1 aliphatic heterocycles. The number of hydrogen-bond donors (Lipinski definition) is 1. The molecule has 0 radical (unpaired) electrons. The summed E-state index contributed by atoms with van der Waals surface area (Å²) in [5.41, 5.74) is 1.36. The molecule has 0 saturated carbocycles. The quantitative estimate of drug-likeness (QED) is 0.689. The van der Waals surface area contributed by atoms with Crippen molar-refractivity contribution in [1.82, 2.24) is 4.90 Å². The first-order valence-corrected chi connectivity index (χ1v) is 9.36. The second-order valence-corrected chi connectivity index (χ2v) is 7.28. The number of nitrogens with zero attached hydrogens (tertiary/aromatic N) is 1. The lowest BCUT2D eigenvalue weighted by Gasteiger charge is -2.12. The van der Waals surface area contributed by atoms with E-state index in [9.17, 15) is 14.4 Å². The highest BCUT2D eigenvalue weighted by Gasteiger charge is 2.35. The second kappa shape index (κ2) is 7.60. The Labute approximate surface area is 164 Å². The highest BCUT2D eigenvalue weighted by Crippen LogP contribution is 2.27. The largest absolute Gasteiger partial charge is 0.321 e. The van der Waals surface area contributed by atoms with Crippen molar-refractivity contribution >= 4 is 50.9 Å². The van der Waals surface area contributed by atoms with Crippen LogP contribution in [0.3, 0.4) is 0 Å². The Morgan fingerprint density at radius 3 is 2.54 bits per heavy atom. The molecule has 0 fully saturated rings. The van der Waals surface area contributed by atoms with Gasteiger partial charge in [0.15, 0.2) is 0 Å². The minimum atomic E-state index is -0.399. The summed E-state index contributed by atoms with van der Waals surface area (Å²) in [5, 5.41) is 3.11. The molecule has 0 saturated heterocycles. The first-order valence-electron chi connectivity index (χ1n) is 8.19. The monoisotopic (exact) mass is 434 g/mol. The van der Waals surface area contributed by atoms with E-state index in [1.165, 1.54) is 23.1 Å². The molecule has 0 aromatic heterocycles. The van der Waals surface area contributed by atoms with E-state index in [1.807, 2.05) is 6.92 Å². The van der Waals surface area contributed by atoms with Crippen LogP contribution in [0.15, 0.2) is 40.9 Å². The van der Waals surface area contributed by atoms with E-state index >= 15 is 0 Å². The number of hydrogen-bond acceptors (Lipinski definition) is 3. The summed E-state index contributed by atoms with van der Waals surface area (Å²) in [7, 11) is 0. The zero-order valence-electron chi connectivity index (χ0n) is 14.0. The van der Waals surface area contributed by atoms with Crippen molar-refractivity contribution in [3.05, 3.63) is 62.6 Å². The number of benzene rings is 2. The zero-order valence-corrected chi connectivity index (χ0v) is 16.4. The van der Waals surface area contributed by atoms with Crippen LogP contribution in [-0.2, 0) is 0 Å². The number of anilines is 1. The molecule has 2 aromatic rings. The molecule has 1 heterocycles. The number of imide groups is 1. The van der Waals surface area contributed by atoms with Crippen LogP contribution < -0.4 is 5.32 Å². The van der Waals surface area contributed by atoms with Crippen LogP contribution >= 0.6 is 27.5 Å². The molecule has 7 heteroatoms. The normalized spacial score (nSPS) is 13.1. The first kappa shape index (κ1) is 18.6. The van der Waals surface area contributed by atoms with E-state index in [1.54, 1.807) is 18.2 Å². The Kier molecular flexibility index (Phi) is 5.44. The van der Waals surface area contributed by atoms with E-state index in [0.717, 1.165) is 17.3 Å². The maximum atomic E-state index is 12.5. The van der Waals surface area contributed by atoms with Crippen molar-refractivity contribution < 1.29 is 14.4 Å². The third-order valence-electron chi connectivity index (χ3n) is 4.15. The van der Waals surface area contributed by atoms with Gasteiger partial charge in [0.2, 0.25) is 0 Å². The van der Waals surface area contributed by atoms with Crippen molar-refractivity contribution in [2.45, 2.75) is 19.8 Å². The fraction of sp³-hybridized carbons (Fsp3) is 0.211. The van der Waals surface area contributed by atoms with Gasteiger partial charge in [-0.15, -0.1) is 0 Å². The number of fused-ring (bicyclic) bond motifs is 1. The van der Waals surface area contributed by atoms with Gasteiger partial charge in [0.25, 0.3) is 17.7 Å². The summed E-state index contributed by atoms with van der Waals surface area (Å²) in [6.45, 7) is 2.38. The Hall–Kier alpha value is -2.18. The standard InChI is InChI=1S/C19H16BrClN2O3/c1-2-3-8-23-18(25)13-6-4-11(9-14(13)19(23)26)17(24)22-16-7-5-12(20)10-15(16)21/h4-7,9-10H,2-3,8H2,1H3,(H,22,24).